The predicted octanol–water partition coefficient (Wildman–Crippen LogP) is 5.03. The van der Waals surface area contributed by atoms with E-state index in [0.717, 1.165) is 16.8 Å². The fourth-order valence-corrected chi connectivity index (χ4v) is 4.51. The van der Waals surface area contributed by atoms with Crippen molar-refractivity contribution in [1.29, 1.82) is 0 Å². The summed E-state index contributed by atoms with van der Waals surface area (Å²) in [5.41, 5.74) is 4.34. The maximum atomic E-state index is 12.5. The quantitative estimate of drug-likeness (QED) is 0.631. The third-order valence-corrected chi connectivity index (χ3v) is 6.20. The van der Waals surface area contributed by atoms with Crippen LogP contribution in [0.5, 0.6) is 5.75 Å². The number of hydrogen-bond acceptors (Lipinski definition) is 4. The smallest absolute Gasteiger partial charge is 0.255 e. The molecule has 1 saturated heterocycles. The molecule has 1 unspecified atom stereocenters. The Balaban J connectivity index is 1.49. The third kappa shape index (κ3) is 4.19. The number of amides is 2. The minimum Gasteiger partial charge on any atom is -0.497 e. The Morgan fingerprint density at radius 1 is 1.00 bits per heavy atom. The van der Waals surface area contributed by atoms with Crippen molar-refractivity contribution >= 4 is 35.0 Å². The molecular weight excluding hydrogens is 396 g/mol. The zero-order valence-corrected chi connectivity index (χ0v) is 17.6. The summed E-state index contributed by atoms with van der Waals surface area (Å²) >= 11 is 1.61. The number of rotatable bonds is 5. The second-order valence-electron chi connectivity index (χ2n) is 7.07. The Kier molecular flexibility index (Phi) is 5.77. The number of ether oxygens (including phenoxy) is 1. The lowest BCUT2D eigenvalue weighted by Crippen LogP contribution is -2.27. The van der Waals surface area contributed by atoms with Crippen LogP contribution >= 0.6 is 11.8 Å². The van der Waals surface area contributed by atoms with Crippen molar-refractivity contribution in [2.75, 3.05) is 23.1 Å². The van der Waals surface area contributed by atoms with Gasteiger partial charge in [0.2, 0.25) is 5.91 Å². The van der Waals surface area contributed by atoms with Crippen molar-refractivity contribution < 1.29 is 14.3 Å². The molecule has 0 saturated carbocycles. The van der Waals surface area contributed by atoms with Crippen molar-refractivity contribution in [3.8, 4) is 5.75 Å². The first kappa shape index (κ1) is 20.0. The van der Waals surface area contributed by atoms with Gasteiger partial charge in [-0.1, -0.05) is 29.8 Å². The van der Waals surface area contributed by atoms with Crippen molar-refractivity contribution in [1.82, 2.24) is 0 Å². The van der Waals surface area contributed by atoms with Gasteiger partial charge in [0.25, 0.3) is 5.91 Å². The molecule has 1 aliphatic rings. The highest BCUT2D eigenvalue weighted by Crippen LogP contribution is 2.41. The van der Waals surface area contributed by atoms with Gasteiger partial charge >= 0.3 is 0 Å². The highest BCUT2D eigenvalue weighted by molar-refractivity contribution is 8.00. The molecule has 3 aromatic carbocycles. The summed E-state index contributed by atoms with van der Waals surface area (Å²) in [7, 11) is 1.59. The van der Waals surface area contributed by atoms with E-state index in [4.69, 9.17) is 4.74 Å². The van der Waals surface area contributed by atoms with Crippen LogP contribution in [0.4, 0.5) is 11.4 Å². The molecule has 0 bridgehead atoms. The fraction of sp³-hybridized carbons (Fsp3) is 0.167. The zero-order valence-electron chi connectivity index (χ0n) is 16.8. The van der Waals surface area contributed by atoms with Crippen LogP contribution < -0.4 is 15.0 Å². The summed E-state index contributed by atoms with van der Waals surface area (Å²) in [6.07, 6.45) is 0. The first-order valence-electron chi connectivity index (χ1n) is 9.61. The molecule has 5 nitrogen and oxygen atoms in total. The summed E-state index contributed by atoms with van der Waals surface area (Å²) in [6, 6.07) is 22.6. The number of anilines is 2. The number of aryl methyl sites for hydroxylation is 1. The van der Waals surface area contributed by atoms with Crippen LogP contribution in [-0.2, 0) is 4.79 Å². The third-order valence-electron chi connectivity index (χ3n) is 4.99. The maximum Gasteiger partial charge on any atom is 0.255 e. The SMILES string of the molecule is COc1ccc(C(=O)Nc2ccc(C3SCC(=O)N3c3ccc(C)cc3)cc2)cc1. The Hall–Kier alpha value is -3.25. The molecule has 1 atom stereocenters. The van der Waals surface area contributed by atoms with Gasteiger partial charge in [-0.3, -0.25) is 14.5 Å². The molecule has 6 heteroatoms. The largest absolute Gasteiger partial charge is 0.497 e. The maximum absolute atomic E-state index is 12.5. The molecule has 152 valence electrons. The Morgan fingerprint density at radius 2 is 1.67 bits per heavy atom. The number of hydrogen-bond donors (Lipinski definition) is 1. The van der Waals surface area contributed by atoms with Gasteiger partial charge in [-0.2, -0.15) is 0 Å². The monoisotopic (exact) mass is 418 g/mol. The van der Waals surface area contributed by atoms with Gasteiger partial charge in [-0.25, -0.2) is 0 Å². The van der Waals surface area contributed by atoms with E-state index in [-0.39, 0.29) is 17.2 Å². The Labute approximate surface area is 180 Å². The van der Waals surface area contributed by atoms with Crippen LogP contribution in [0.3, 0.4) is 0 Å². The number of thioether (sulfide) groups is 1. The molecule has 1 fully saturated rings. The van der Waals surface area contributed by atoms with Crippen molar-refractivity contribution in [3.63, 3.8) is 0 Å². The molecule has 3 aromatic rings. The van der Waals surface area contributed by atoms with Crippen molar-refractivity contribution in [3.05, 3.63) is 89.5 Å². The fourth-order valence-electron chi connectivity index (χ4n) is 3.33. The second kappa shape index (κ2) is 8.63. The highest BCUT2D eigenvalue weighted by atomic mass is 32.2. The van der Waals surface area contributed by atoms with E-state index in [2.05, 4.69) is 5.32 Å². The minimum atomic E-state index is -0.183. The molecular formula is C24H22N2O3S. The van der Waals surface area contributed by atoms with E-state index in [0.29, 0.717) is 22.8 Å². The molecule has 0 radical (unpaired) electrons. The number of methoxy groups -OCH3 is 1. The second-order valence-corrected chi connectivity index (χ2v) is 8.14. The molecule has 2 amide bonds. The van der Waals surface area contributed by atoms with Gasteiger partial charge in [-0.05, 0) is 61.0 Å². The van der Waals surface area contributed by atoms with E-state index in [9.17, 15) is 9.59 Å². The first-order valence-corrected chi connectivity index (χ1v) is 10.7. The van der Waals surface area contributed by atoms with E-state index >= 15 is 0 Å². The van der Waals surface area contributed by atoms with Crippen molar-refractivity contribution in [2.45, 2.75) is 12.3 Å². The van der Waals surface area contributed by atoms with E-state index < -0.39 is 0 Å². The molecule has 0 aliphatic carbocycles. The summed E-state index contributed by atoms with van der Waals surface area (Å²) in [5.74, 6) is 1.08. The molecule has 1 N–H and O–H groups in total. The lowest BCUT2D eigenvalue weighted by atomic mass is 10.1. The van der Waals surface area contributed by atoms with Gasteiger partial charge < -0.3 is 10.1 Å². The molecule has 0 aromatic heterocycles. The lowest BCUT2D eigenvalue weighted by Gasteiger charge is -2.24. The van der Waals surface area contributed by atoms with Crippen LogP contribution in [0.25, 0.3) is 0 Å². The highest BCUT2D eigenvalue weighted by Gasteiger charge is 2.33. The van der Waals surface area contributed by atoms with Crippen molar-refractivity contribution in [2.24, 2.45) is 0 Å². The molecule has 4 rings (SSSR count). The predicted molar refractivity (Wildman–Crippen MR) is 121 cm³/mol. The Bertz CT molecular complexity index is 1050. The van der Waals surface area contributed by atoms with Gasteiger partial charge in [0.05, 0.1) is 12.9 Å². The number of nitrogens with zero attached hydrogens (tertiary/aromatic N) is 1. The van der Waals surface area contributed by atoms with Gasteiger partial charge in [0.15, 0.2) is 0 Å². The van der Waals surface area contributed by atoms with Crippen LogP contribution in [0, 0.1) is 6.92 Å². The average molecular weight is 419 g/mol. The van der Waals surface area contributed by atoms with Crippen LogP contribution in [0.2, 0.25) is 0 Å². The van der Waals surface area contributed by atoms with Crippen LogP contribution in [0.1, 0.15) is 26.9 Å². The minimum absolute atomic E-state index is 0.0773. The number of carbonyl (C=O) groups is 2. The van der Waals surface area contributed by atoms with Gasteiger partial charge in [-0.15, -0.1) is 11.8 Å². The van der Waals surface area contributed by atoms with E-state index in [1.807, 2.05) is 60.4 Å². The topological polar surface area (TPSA) is 58.6 Å². The normalized spacial score (nSPS) is 15.9. The van der Waals surface area contributed by atoms with E-state index in [1.54, 1.807) is 43.1 Å². The number of benzene rings is 3. The van der Waals surface area contributed by atoms with Crippen LogP contribution in [-0.4, -0.2) is 24.7 Å². The first-order chi connectivity index (χ1) is 14.5. The molecule has 1 heterocycles. The average Bonchev–Trinajstić information content (AvgIpc) is 3.16. The van der Waals surface area contributed by atoms with Crippen LogP contribution in [0.15, 0.2) is 72.8 Å². The molecule has 1 aliphatic heterocycles. The van der Waals surface area contributed by atoms with E-state index in [1.165, 1.54) is 0 Å². The summed E-state index contributed by atoms with van der Waals surface area (Å²) < 4.78 is 5.12. The summed E-state index contributed by atoms with van der Waals surface area (Å²) in [5, 5.41) is 2.83. The lowest BCUT2D eigenvalue weighted by molar-refractivity contribution is -0.115. The Morgan fingerprint density at radius 3 is 2.30 bits per heavy atom. The summed E-state index contributed by atoms with van der Waals surface area (Å²) in [6.45, 7) is 2.03. The zero-order chi connectivity index (χ0) is 21.1. The number of nitrogens with one attached hydrogen (secondary N) is 1. The number of carbonyl (C=O) groups excluding carboxylic acids is 2. The van der Waals surface area contributed by atoms with Gasteiger partial charge in [0.1, 0.15) is 11.1 Å². The van der Waals surface area contributed by atoms with Gasteiger partial charge in [0, 0.05) is 16.9 Å². The standard InChI is InChI=1S/C24H22N2O3S/c1-16-3-11-20(12-4-16)26-22(27)15-30-24(26)18-5-9-19(10-6-18)25-23(28)17-7-13-21(29-2)14-8-17/h3-14,24H,15H2,1-2H3,(H,25,28). The molecule has 30 heavy (non-hydrogen) atoms. The molecule has 0 spiro atoms. The summed E-state index contributed by atoms with van der Waals surface area (Å²) in [4.78, 5) is 26.8.